The maximum atomic E-state index is 4.80. The fourth-order valence-electron chi connectivity index (χ4n) is 4.38. The number of benzene rings is 1. The van der Waals surface area contributed by atoms with Crippen LogP contribution in [-0.2, 0) is 13.1 Å². The molecule has 0 radical (unpaired) electrons. The number of hydrogen-bond acceptors (Lipinski definition) is 3. The van der Waals surface area contributed by atoms with Crippen LogP contribution in [0.25, 0.3) is 0 Å². The van der Waals surface area contributed by atoms with E-state index in [4.69, 9.17) is 4.99 Å². The van der Waals surface area contributed by atoms with Crippen LogP contribution in [0.15, 0.2) is 29.3 Å². The van der Waals surface area contributed by atoms with Gasteiger partial charge in [0.2, 0.25) is 0 Å². The molecule has 0 atom stereocenters. The van der Waals surface area contributed by atoms with Gasteiger partial charge in [-0.1, -0.05) is 30.7 Å². The van der Waals surface area contributed by atoms with Gasteiger partial charge in [-0.3, -0.25) is 4.90 Å². The van der Waals surface area contributed by atoms with E-state index in [2.05, 4.69) is 58.7 Å². The maximum absolute atomic E-state index is 4.80. The number of rotatable bonds is 8. The molecule has 170 valence electrons. The summed E-state index contributed by atoms with van der Waals surface area (Å²) in [7, 11) is 2.23. The molecule has 2 N–H and O–H groups in total. The Bertz CT molecular complexity index is 605. The fourth-order valence-corrected chi connectivity index (χ4v) is 4.38. The second-order valence-corrected chi connectivity index (χ2v) is 8.81. The molecule has 2 saturated heterocycles. The largest absolute Gasteiger partial charge is 0.357 e. The van der Waals surface area contributed by atoms with Crippen LogP contribution in [-0.4, -0.2) is 62.1 Å². The van der Waals surface area contributed by atoms with Gasteiger partial charge in [-0.2, -0.15) is 0 Å². The molecule has 0 saturated carbocycles. The van der Waals surface area contributed by atoms with E-state index in [1.54, 1.807) is 0 Å². The first-order valence-corrected chi connectivity index (χ1v) is 11.7. The lowest BCUT2D eigenvalue weighted by Gasteiger charge is -2.29. The Balaban J connectivity index is 0.00000320. The molecule has 2 heterocycles. The monoisotopic (exact) mass is 527 g/mol. The quantitative estimate of drug-likeness (QED) is 0.304. The minimum Gasteiger partial charge on any atom is -0.357 e. The third-order valence-corrected chi connectivity index (χ3v) is 6.32. The standard InChI is InChI=1S/C24H41N5.HI/c1-3-25-24(26-14-11-21-12-17-28(2)18-13-21)27-19-22-7-9-23(10-8-22)20-29-15-5-4-6-16-29;/h7-10,21H,3-6,11-20H2,1-2H3,(H2,25,26,27);1H. The molecule has 1 aromatic rings. The summed E-state index contributed by atoms with van der Waals surface area (Å²) >= 11 is 0. The normalized spacial score (nSPS) is 19.3. The molecule has 0 amide bonds. The number of aliphatic imine (C=N–C) groups is 1. The van der Waals surface area contributed by atoms with Crippen LogP contribution in [0.3, 0.4) is 0 Å². The van der Waals surface area contributed by atoms with Crippen LogP contribution in [0, 0.1) is 5.92 Å². The van der Waals surface area contributed by atoms with Crippen molar-refractivity contribution in [2.75, 3.05) is 46.3 Å². The Hall–Kier alpha value is -0.860. The lowest BCUT2D eigenvalue weighted by Crippen LogP contribution is -2.39. The summed E-state index contributed by atoms with van der Waals surface area (Å²) in [6, 6.07) is 9.04. The van der Waals surface area contributed by atoms with Crippen molar-refractivity contribution in [2.45, 2.75) is 58.5 Å². The molecule has 5 nitrogen and oxygen atoms in total. The third kappa shape index (κ3) is 9.10. The molecule has 0 spiro atoms. The van der Waals surface area contributed by atoms with Gasteiger partial charge in [-0.15, -0.1) is 24.0 Å². The minimum atomic E-state index is 0. The van der Waals surface area contributed by atoms with E-state index < -0.39 is 0 Å². The molecule has 0 bridgehead atoms. The highest BCUT2D eigenvalue weighted by Gasteiger charge is 2.16. The molecular formula is C24H42IN5. The molecule has 0 unspecified atom stereocenters. The van der Waals surface area contributed by atoms with Gasteiger partial charge in [-0.25, -0.2) is 4.99 Å². The minimum absolute atomic E-state index is 0. The fraction of sp³-hybridized carbons (Fsp3) is 0.708. The Morgan fingerprint density at radius 2 is 1.63 bits per heavy atom. The van der Waals surface area contributed by atoms with E-state index in [1.807, 2.05) is 0 Å². The topological polar surface area (TPSA) is 42.9 Å². The number of hydrogen-bond donors (Lipinski definition) is 2. The highest BCUT2D eigenvalue weighted by molar-refractivity contribution is 14.0. The van der Waals surface area contributed by atoms with E-state index in [-0.39, 0.29) is 24.0 Å². The summed E-state index contributed by atoms with van der Waals surface area (Å²) < 4.78 is 0. The summed E-state index contributed by atoms with van der Waals surface area (Å²) in [5, 5.41) is 6.92. The molecule has 2 aliphatic rings. The number of halogens is 1. The van der Waals surface area contributed by atoms with Crippen molar-refractivity contribution in [1.29, 1.82) is 0 Å². The van der Waals surface area contributed by atoms with Gasteiger partial charge in [0.05, 0.1) is 6.54 Å². The number of piperidine rings is 2. The van der Waals surface area contributed by atoms with Crippen LogP contribution in [0.5, 0.6) is 0 Å². The Morgan fingerprint density at radius 3 is 2.30 bits per heavy atom. The van der Waals surface area contributed by atoms with Crippen LogP contribution in [0.4, 0.5) is 0 Å². The molecule has 3 rings (SSSR count). The predicted molar refractivity (Wildman–Crippen MR) is 139 cm³/mol. The zero-order chi connectivity index (χ0) is 20.3. The smallest absolute Gasteiger partial charge is 0.191 e. The third-order valence-electron chi connectivity index (χ3n) is 6.32. The molecule has 2 aliphatic heterocycles. The van der Waals surface area contributed by atoms with Crippen molar-refractivity contribution >= 4 is 29.9 Å². The summed E-state index contributed by atoms with van der Waals surface area (Å²) in [6.45, 7) is 10.8. The number of nitrogens with zero attached hydrogens (tertiary/aromatic N) is 3. The number of nitrogens with one attached hydrogen (secondary N) is 2. The molecule has 1 aromatic carbocycles. The maximum Gasteiger partial charge on any atom is 0.191 e. The second kappa shape index (κ2) is 14.2. The molecular weight excluding hydrogens is 485 g/mol. The summed E-state index contributed by atoms with van der Waals surface area (Å²) in [4.78, 5) is 9.81. The van der Waals surface area contributed by atoms with E-state index in [0.29, 0.717) is 0 Å². The van der Waals surface area contributed by atoms with Crippen LogP contribution in [0.1, 0.15) is 56.6 Å². The molecule has 30 heavy (non-hydrogen) atoms. The van der Waals surface area contributed by atoms with Crippen molar-refractivity contribution < 1.29 is 0 Å². The first kappa shape index (κ1) is 25.4. The predicted octanol–water partition coefficient (Wildman–Crippen LogP) is 4.08. The van der Waals surface area contributed by atoms with E-state index in [9.17, 15) is 0 Å². The second-order valence-electron chi connectivity index (χ2n) is 8.81. The van der Waals surface area contributed by atoms with Gasteiger partial charge in [0.25, 0.3) is 0 Å². The van der Waals surface area contributed by atoms with E-state index in [1.165, 1.54) is 75.8 Å². The highest BCUT2D eigenvalue weighted by Crippen LogP contribution is 2.18. The van der Waals surface area contributed by atoms with E-state index in [0.717, 1.165) is 38.1 Å². The van der Waals surface area contributed by atoms with Crippen molar-refractivity contribution in [3.8, 4) is 0 Å². The van der Waals surface area contributed by atoms with Gasteiger partial charge in [0, 0.05) is 19.6 Å². The van der Waals surface area contributed by atoms with Gasteiger partial charge in [0.1, 0.15) is 0 Å². The summed E-state index contributed by atoms with van der Waals surface area (Å²) in [5.74, 6) is 1.80. The lowest BCUT2D eigenvalue weighted by molar-refractivity contribution is 0.213. The lowest BCUT2D eigenvalue weighted by atomic mass is 9.94. The van der Waals surface area contributed by atoms with Crippen LogP contribution in [0.2, 0.25) is 0 Å². The molecule has 6 heteroatoms. The Labute approximate surface area is 201 Å². The zero-order valence-electron chi connectivity index (χ0n) is 19.0. The molecule has 0 aliphatic carbocycles. The number of likely N-dealkylation sites (tertiary alicyclic amines) is 2. The SMILES string of the molecule is CCNC(=NCc1ccc(CN2CCCCC2)cc1)NCCC1CCN(C)CC1.I. The Kier molecular flexibility index (Phi) is 12.1. The van der Waals surface area contributed by atoms with Gasteiger partial charge < -0.3 is 15.5 Å². The summed E-state index contributed by atoms with van der Waals surface area (Å²) in [6.07, 6.45) is 8.00. The molecule has 0 aromatic heterocycles. The van der Waals surface area contributed by atoms with Crippen LogP contribution < -0.4 is 10.6 Å². The van der Waals surface area contributed by atoms with Gasteiger partial charge in [-0.05, 0) is 89.3 Å². The van der Waals surface area contributed by atoms with Crippen molar-refractivity contribution in [1.82, 2.24) is 20.4 Å². The summed E-state index contributed by atoms with van der Waals surface area (Å²) in [5.41, 5.74) is 2.70. The van der Waals surface area contributed by atoms with Crippen LogP contribution >= 0.6 is 24.0 Å². The zero-order valence-corrected chi connectivity index (χ0v) is 21.4. The van der Waals surface area contributed by atoms with Crippen molar-refractivity contribution in [3.05, 3.63) is 35.4 Å². The molecule has 2 fully saturated rings. The Morgan fingerprint density at radius 1 is 0.967 bits per heavy atom. The van der Waals surface area contributed by atoms with Gasteiger partial charge in [0.15, 0.2) is 5.96 Å². The van der Waals surface area contributed by atoms with Gasteiger partial charge >= 0.3 is 0 Å². The highest BCUT2D eigenvalue weighted by atomic mass is 127. The average Bonchev–Trinajstić information content (AvgIpc) is 2.75. The van der Waals surface area contributed by atoms with Crippen molar-refractivity contribution in [2.24, 2.45) is 10.9 Å². The number of guanidine groups is 1. The van der Waals surface area contributed by atoms with Crippen molar-refractivity contribution in [3.63, 3.8) is 0 Å². The average molecular weight is 528 g/mol. The van der Waals surface area contributed by atoms with E-state index >= 15 is 0 Å². The first-order chi connectivity index (χ1) is 14.2. The first-order valence-electron chi connectivity index (χ1n) is 11.7.